The Morgan fingerprint density at radius 3 is 2.29 bits per heavy atom. The van der Waals surface area contributed by atoms with E-state index in [1.165, 1.54) is 27.1 Å². The molecule has 0 aliphatic carbocycles. The second-order valence-electron chi connectivity index (χ2n) is 5.40. The average Bonchev–Trinajstić information content (AvgIpc) is 2.51. The number of fused-ring (bicyclic) bond motifs is 3. The van der Waals surface area contributed by atoms with Crippen LogP contribution in [0.2, 0.25) is 0 Å². The highest BCUT2D eigenvalue weighted by Crippen LogP contribution is 2.29. The van der Waals surface area contributed by atoms with Crippen molar-refractivity contribution in [3.63, 3.8) is 0 Å². The fraction of sp³-hybridized carbons (Fsp3) is 0.211. The van der Waals surface area contributed by atoms with Crippen molar-refractivity contribution in [2.45, 2.75) is 25.7 Å². The molecule has 0 amide bonds. The van der Waals surface area contributed by atoms with E-state index in [1.807, 2.05) is 0 Å². The molecular weight excluding hydrogens is 260 g/mol. The van der Waals surface area contributed by atoms with Crippen LogP contribution >= 0.6 is 0 Å². The van der Waals surface area contributed by atoms with Crippen molar-refractivity contribution in [2.75, 3.05) is 0 Å². The lowest BCUT2D eigenvalue weighted by molar-refractivity contribution is -0.137. The van der Waals surface area contributed by atoms with Crippen molar-refractivity contribution >= 4 is 27.5 Å². The summed E-state index contributed by atoms with van der Waals surface area (Å²) in [6.07, 6.45) is 2.83. The van der Waals surface area contributed by atoms with Gasteiger partial charge in [-0.2, -0.15) is 0 Å². The fourth-order valence-electron chi connectivity index (χ4n) is 2.93. The van der Waals surface area contributed by atoms with Gasteiger partial charge in [0.15, 0.2) is 0 Å². The highest BCUT2D eigenvalue weighted by Gasteiger charge is 2.06. The molecule has 106 valence electrons. The van der Waals surface area contributed by atoms with E-state index in [-0.39, 0.29) is 6.42 Å². The van der Waals surface area contributed by atoms with Gasteiger partial charge in [-0.15, -0.1) is 0 Å². The van der Waals surface area contributed by atoms with Crippen molar-refractivity contribution < 1.29 is 9.90 Å². The Morgan fingerprint density at radius 2 is 1.52 bits per heavy atom. The lowest BCUT2D eigenvalue weighted by Crippen LogP contribution is -1.95. The van der Waals surface area contributed by atoms with Crippen molar-refractivity contribution in [3.8, 4) is 0 Å². The van der Waals surface area contributed by atoms with Crippen molar-refractivity contribution in [3.05, 3.63) is 60.2 Å². The van der Waals surface area contributed by atoms with Crippen LogP contribution in [0.15, 0.2) is 54.6 Å². The van der Waals surface area contributed by atoms with Crippen LogP contribution in [-0.2, 0) is 11.2 Å². The monoisotopic (exact) mass is 278 g/mol. The summed E-state index contributed by atoms with van der Waals surface area (Å²) >= 11 is 0. The highest BCUT2D eigenvalue weighted by molar-refractivity contribution is 6.08. The summed E-state index contributed by atoms with van der Waals surface area (Å²) in [5.41, 5.74) is 1.31. The first-order valence-corrected chi connectivity index (χ1v) is 7.37. The van der Waals surface area contributed by atoms with Gasteiger partial charge in [-0.05, 0) is 46.4 Å². The third-order valence-corrected chi connectivity index (χ3v) is 3.94. The zero-order valence-electron chi connectivity index (χ0n) is 11.9. The van der Waals surface area contributed by atoms with Gasteiger partial charge in [0.25, 0.3) is 0 Å². The van der Waals surface area contributed by atoms with Crippen LogP contribution in [0.4, 0.5) is 0 Å². The molecule has 3 rings (SSSR count). The largest absolute Gasteiger partial charge is 0.481 e. The lowest BCUT2D eigenvalue weighted by Gasteiger charge is -2.10. The van der Waals surface area contributed by atoms with Crippen molar-refractivity contribution in [2.24, 2.45) is 0 Å². The normalized spacial score (nSPS) is 11.0. The number of carboxylic acid groups (broad SMARTS) is 1. The molecule has 3 aromatic rings. The van der Waals surface area contributed by atoms with Gasteiger partial charge in [-0.1, -0.05) is 54.6 Å². The molecule has 0 aromatic heterocycles. The minimum atomic E-state index is -0.710. The molecule has 0 unspecified atom stereocenters. The molecule has 0 radical (unpaired) electrons. The first-order chi connectivity index (χ1) is 10.3. The molecular formula is C19H18O2. The number of rotatable bonds is 5. The predicted octanol–water partition coefficient (Wildman–Crippen LogP) is 4.79. The molecule has 0 atom stereocenters. The van der Waals surface area contributed by atoms with E-state index in [0.29, 0.717) is 0 Å². The van der Waals surface area contributed by atoms with Crippen LogP contribution < -0.4 is 0 Å². The predicted molar refractivity (Wildman–Crippen MR) is 86.6 cm³/mol. The summed E-state index contributed by atoms with van der Waals surface area (Å²) in [6, 6.07) is 19.1. The maximum atomic E-state index is 10.6. The number of unbranched alkanes of at least 4 members (excludes halogenated alkanes) is 1. The maximum Gasteiger partial charge on any atom is 0.303 e. The molecule has 0 saturated carbocycles. The van der Waals surface area contributed by atoms with Crippen LogP contribution in [-0.4, -0.2) is 11.1 Å². The van der Waals surface area contributed by atoms with Crippen molar-refractivity contribution in [1.29, 1.82) is 0 Å². The molecule has 3 aromatic carbocycles. The third kappa shape index (κ3) is 2.89. The number of carbonyl (C=O) groups is 1. The number of carboxylic acids is 1. The van der Waals surface area contributed by atoms with Gasteiger partial charge < -0.3 is 5.11 Å². The van der Waals surface area contributed by atoms with Crippen LogP contribution in [0.3, 0.4) is 0 Å². The molecule has 2 heteroatoms. The van der Waals surface area contributed by atoms with Gasteiger partial charge >= 0.3 is 5.97 Å². The Bertz CT molecular complexity index is 790. The highest BCUT2D eigenvalue weighted by atomic mass is 16.4. The smallest absolute Gasteiger partial charge is 0.303 e. The molecule has 1 N–H and O–H groups in total. The van der Waals surface area contributed by atoms with E-state index in [1.54, 1.807) is 0 Å². The van der Waals surface area contributed by atoms with E-state index in [2.05, 4.69) is 54.6 Å². The Hall–Kier alpha value is -2.35. The van der Waals surface area contributed by atoms with E-state index < -0.39 is 5.97 Å². The summed E-state index contributed by atoms with van der Waals surface area (Å²) in [5, 5.41) is 13.8. The first kappa shape index (κ1) is 13.6. The molecule has 0 bridgehead atoms. The van der Waals surface area contributed by atoms with E-state index in [0.717, 1.165) is 19.3 Å². The zero-order valence-corrected chi connectivity index (χ0v) is 11.9. The first-order valence-electron chi connectivity index (χ1n) is 7.37. The quantitative estimate of drug-likeness (QED) is 0.538. The maximum absolute atomic E-state index is 10.6. The summed E-state index contributed by atoms with van der Waals surface area (Å²) in [5.74, 6) is -0.710. The third-order valence-electron chi connectivity index (χ3n) is 3.94. The molecule has 2 nitrogen and oxygen atoms in total. The summed E-state index contributed by atoms with van der Waals surface area (Å²) in [4.78, 5) is 10.6. The second kappa shape index (κ2) is 5.96. The molecule has 0 fully saturated rings. The number of aliphatic carboxylic acids is 1. The van der Waals surface area contributed by atoms with E-state index in [9.17, 15) is 4.79 Å². The van der Waals surface area contributed by atoms with Gasteiger partial charge in [-0.3, -0.25) is 4.79 Å². The van der Waals surface area contributed by atoms with Crippen LogP contribution in [0.25, 0.3) is 21.5 Å². The molecule has 0 aliphatic rings. The summed E-state index contributed by atoms with van der Waals surface area (Å²) in [6.45, 7) is 0. The van der Waals surface area contributed by atoms with Gasteiger partial charge in [0.05, 0.1) is 0 Å². The molecule has 0 spiro atoms. The number of benzene rings is 3. The number of aryl methyl sites for hydroxylation is 1. The summed E-state index contributed by atoms with van der Waals surface area (Å²) in [7, 11) is 0. The number of hydrogen-bond donors (Lipinski definition) is 1. The zero-order chi connectivity index (χ0) is 14.7. The Labute approximate surface area is 124 Å². The average molecular weight is 278 g/mol. The Balaban J connectivity index is 1.98. The molecule has 21 heavy (non-hydrogen) atoms. The minimum absolute atomic E-state index is 0.255. The van der Waals surface area contributed by atoms with Crippen molar-refractivity contribution in [1.82, 2.24) is 0 Å². The van der Waals surface area contributed by atoms with Crippen LogP contribution in [0.1, 0.15) is 24.8 Å². The lowest BCUT2D eigenvalue weighted by atomic mass is 9.94. The standard InChI is InChI=1S/C19H18O2/c20-19(21)12-6-2-8-15-13-14-7-1-3-9-16(14)18-11-5-4-10-17(15)18/h1,3-5,7,9-11,13H,2,6,8,12H2,(H,20,21). The summed E-state index contributed by atoms with van der Waals surface area (Å²) < 4.78 is 0. The van der Waals surface area contributed by atoms with Gasteiger partial charge in [0, 0.05) is 6.42 Å². The Morgan fingerprint density at radius 1 is 0.857 bits per heavy atom. The van der Waals surface area contributed by atoms with Gasteiger partial charge in [-0.25, -0.2) is 0 Å². The van der Waals surface area contributed by atoms with Gasteiger partial charge in [0.1, 0.15) is 0 Å². The molecule has 0 heterocycles. The van der Waals surface area contributed by atoms with E-state index >= 15 is 0 Å². The second-order valence-corrected chi connectivity index (χ2v) is 5.40. The van der Waals surface area contributed by atoms with Gasteiger partial charge in [0.2, 0.25) is 0 Å². The minimum Gasteiger partial charge on any atom is -0.481 e. The topological polar surface area (TPSA) is 37.3 Å². The number of hydrogen-bond acceptors (Lipinski definition) is 1. The fourth-order valence-corrected chi connectivity index (χ4v) is 2.93. The molecule has 0 aliphatic heterocycles. The van der Waals surface area contributed by atoms with Crippen LogP contribution in [0, 0.1) is 0 Å². The van der Waals surface area contributed by atoms with Crippen LogP contribution in [0.5, 0.6) is 0 Å². The SMILES string of the molecule is O=C(O)CCCCc1cc2ccccc2c2ccccc12. The Kier molecular flexibility index (Phi) is 3.87. The van der Waals surface area contributed by atoms with E-state index in [4.69, 9.17) is 5.11 Å². The molecule has 0 saturated heterocycles.